The van der Waals surface area contributed by atoms with Crippen LogP contribution in [-0.2, 0) is 13.1 Å². The van der Waals surface area contributed by atoms with E-state index in [1.54, 1.807) is 0 Å². The Balaban J connectivity index is 2.25. The topological polar surface area (TPSA) is 28.4 Å². The molecule has 0 saturated heterocycles. The summed E-state index contributed by atoms with van der Waals surface area (Å²) in [6.45, 7) is 9.38. The van der Waals surface area contributed by atoms with Crippen molar-refractivity contribution in [2.24, 2.45) is 0 Å². The van der Waals surface area contributed by atoms with Crippen molar-refractivity contribution in [3.8, 4) is 0 Å². The highest BCUT2D eigenvalue weighted by Crippen LogP contribution is 2.27. The molecule has 2 rings (SSSR count). The van der Waals surface area contributed by atoms with Crippen LogP contribution < -0.4 is 5.32 Å². The van der Waals surface area contributed by atoms with Crippen LogP contribution in [0.25, 0.3) is 11.0 Å². The molecule has 0 spiro atoms. The molecule has 0 aliphatic rings. The number of furan rings is 1. The van der Waals surface area contributed by atoms with Crippen LogP contribution in [0.1, 0.15) is 44.9 Å². The van der Waals surface area contributed by atoms with Crippen molar-refractivity contribution < 1.29 is 4.42 Å². The number of fused-ring (bicyclic) bond motifs is 1. The Morgan fingerprint density at radius 2 is 2.00 bits per heavy atom. The van der Waals surface area contributed by atoms with Crippen molar-refractivity contribution in [2.45, 2.75) is 52.7 Å². The van der Waals surface area contributed by atoms with Crippen molar-refractivity contribution in [1.29, 1.82) is 0 Å². The van der Waals surface area contributed by atoms with Gasteiger partial charge in [-0.25, -0.2) is 0 Å². The summed E-state index contributed by atoms with van der Waals surface area (Å²) in [6.07, 6.45) is 2.44. The zero-order valence-corrected chi connectivity index (χ0v) is 13.8. The van der Waals surface area contributed by atoms with E-state index in [4.69, 9.17) is 4.42 Å². The summed E-state index contributed by atoms with van der Waals surface area (Å²) in [6, 6.07) is 8.92. The van der Waals surface area contributed by atoms with Crippen LogP contribution in [0.4, 0.5) is 0 Å². The van der Waals surface area contributed by atoms with Crippen molar-refractivity contribution in [3.63, 3.8) is 0 Å². The van der Waals surface area contributed by atoms with Gasteiger partial charge in [0.1, 0.15) is 11.3 Å². The van der Waals surface area contributed by atoms with Gasteiger partial charge in [0.25, 0.3) is 0 Å². The number of benzene rings is 1. The Labute approximate surface area is 128 Å². The van der Waals surface area contributed by atoms with E-state index in [1.807, 2.05) is 6.07 Å². The molecule has 0 amide bonds. The summed E-state index contributed by atoms with van der Waals surface area (Å²) in [5.74, 6) is 1.10. The Morgan fingerprint density at radius 3 is 2.71 bits per heavy atom. The van der Waals surface area contributed by atoms with Gasteiger partial charge in [-0.15, -0.1) is 0 Å². The van der Waals surface area contributed by atoms with Crippen LogP contribution in [0.3, 0.4) is 0 Å². The summed E-state index contributed by atoms with van der Waals surface area (Å²) in [5.41, 5.74) is 2.31. The number of nitrogens with zero attached hydrogens (tertiary/aromatic N) is 1. The van der Waals surface area contributed by atoms with Gasteiger partial charge in [0.05, 0.1) is 6.54 Å². The lowest BCUT2D eigenvalue weighted by Crippen LogP contribution is -2.28. The number of nitrogens with one attached hydrogen (secondary N) is 1. The van der Waals surface area contributed by atoms with E-state index in [0.29, 0.717) is 6.04 Å². The van der Waals surface area contributed by atoms with Gasteiger partial charge in [0.2, 0.25) is 0 Å². The number of para-hydroxylation sites is 1. The lowest BCUT2D eigenvalue weighted by atomic mass is 10.1. The first-order valence-electron chi connectivity index (χ1n) is 8.07. The van der Waals surface area contributed by atoms with Crippen LogP contribution >= 0.6 is 0 Å². The number of hydrogen-bond acceptors (Lipinski definition) is 3. The quantitative estimate of drug-likeness (QED) is 0.790. The summed E-state index contributed by atoms with van der Waals surface area (Å²) in [7, 11) is 2.19. The Hall–Kier alpha value is -1.32. The largest absolute Gasteiger partial charge is 0.459 e. The molecule has 2 aromatic rings. The minimum absolute atomic E-state index is 0.579. The van der Waals surface area contributed by atoms with Crippen molar-refractivity contribution >= 4 is 11.0 Å². The fraction of sp³-hybridized carbons (Fsp3) is 0.556. The number of rotatable bonds is 8. The third-order valence-electron chi connectivity index (χ3n) is 4.19. The van der Waals surface area contributed by atoms with E-state index in [-0.39, 0.29) is 0 Å². The molecule has 0 radical (unpaired) electrons. The second-order valence-corrected chi connectivity index (χ2v) is 5.83. The van der Waals surface area contributed by atoms with Gasteiger partial charge >= 0.3 is 0 Å². The molecule has 1 N–H and O–H groups in total. The molecule has 1 unspecified atom stereocenters. The van der Waals surface area contributed by atoms with E-state index in [1.165, 1.54) is 23.8 Å². The molecule has 1 aromatic heterocycles. The van der Waals surface area contributed by atoms with Gasteiger partial charge in [-0.3, -0.25) is 4.90 Å². The van der Waals surface area contributed by atoms with Gasteiger partial charge in [-0.05, 0) is 33.0 Å². The second kappa shape index (κ2) is 7.62. The minimum Gasteiger partial charge on any atom is -0.459 e. The van der Waals surface area contributed by atoms with E-state index < -0.39 is 0 Å². The monoisotopic (exact) mass is 288 g/mol. The fourth-order valence-corrected chi connectivity index (χ4v) is 2.74. The van der Waals surface area contributed by atoms with Gasteiger partial charge in [0.15, 0.2) is 0 Å². The smallest absolute Gasteiger partial charge is 0.134 e. The number of hydrogen-bond donors (Lipinski definition) is 1. The molecule has 0 fully saturated rings. The SMILES string of the molecule is CCCC(C)N(C)Cc1oc2ccccc2c1CNCC. The Kier molecular flexibility index (Phi) is 5.83. The first-order chi connectivity index (χ1) is 10.2. The molecule has 1 aromatic carbocycles. The van der Waals surface area contributed by atoms with Gasteiger partial charge in [-0.1, -0.05) is 38.5 Å². The van der Waals surface area contributed by atoms with Crippen LogP contribution in [0.15, 0.2) is 28.7 Å². The standard InChI is InChI=1S/C18H28N2O/c1-5-9-14(3)20(4)13-18-16(12-19-6-2)15-10-7-8-11-17(15)21-18/h7-8,10-11,14,19H,5-6,9,12-13H2,1-4H3. The molecule has 3 nitrogen and oxygen atoms in total. The molecular formula is C18H28N2O. The van der Waals surface area contributed by atoms with Crippen molar-refractivity contribution in [2.75, 3.05) is 13.6 Å². The highest BCUT2D eigenvalue weighted by molar-refractivity contribution is 5.82. The van der Waals surface area contributed by atoms with E-state index in [2.05, 4.69) is 56.2 Å². The molecule has 0 aliphatic heterocycles. The highest BCUT2D eigenvalue weighted by atomic mass is 16.3. The molecular weight excluding hydrogens is 260 g/mol. The summed E-state index contributed by atoms with van der Waals surface area (Å²) < 4.78 is 6.11. The molecule has 0 saturated carbocycles. The maximum absolute atomic E-state index is 6.11. The first-order valence-corrected chi connectivity index (χ1v) is 8.07. The third kappa shape index (κ3) is 3.86. The van der Waals surface area contributed by atoms with Crippen LogP contribution in [-0.4, -0.2) is 24.5 Å². The predicted molar refractivity (Wildman–Crippen MR) is 89.4 cm³/mol. The first kappa shape index (κ1) is 16.1. The van der Waals surface area contributed by atoms with E-state index in [0.717, 1.165) is 31.0 Å². The lowest BCUT2D eigenvalue weighted by Gasteiger charge is -2.23. The second-order valence-electron chi connectivity index (χ2n) is 5.83. The van der Waals surface area contributed by atoms with Crippen molar-refractivity contribution in [3.05, 3.63) is 35.6 Å². The molecule has 0 bridgehead atoms. The zero-order valence-electron chi connectivity index (χ0n) is 13.8. The van der Waals surface area contributed by atoms with Gasteiger partial charge < -0.3 is 9.73 Å². The van der Waals surface area contributed by atoms with Gasteiger partial charge in [-0.2, -0.15) is 0 Å². The molecule has 116 valence electrons. The van der Waals surface area contributed by atoms with Crippen molar-refractivity contribution in [1.82, 2.24) is 10.2 Å². The van der Waals surface area contributed by atoms with Gasteiger partial charge in [0, 0.05) is 23.5 Å². The van der Waals surface area contributed by atoms with Crippen LogP contribution in [0, 0.1) is 0 Å². The molecule has 0 aliphatic carbocycles. The average molecular weight is 288 g/mol. The predicted octanol–water partition coefficient (Wildman–Crippen LogP) is 4.16. The Morgan fingerprint density at radius 1 is 1.24 bits per heavy atom. The summed E-state index contributed by atoms with van der Waals surface area (Å²) in [4.78, 5) is 2.39. The fourth-order valence-electron chi connectivity index (χ4n) is 2.74. The minimum atomic E-state index is 0.579. The van der Waals surface area contributed by atoms with E-state index in [9.17, 15) is 0 Å². The molecule has 3 heteroatoms. The van der Waals surface area contributed by atoms with Crippen LogP contribution in [0.2, 0.25) is 0 Å². The summed E-state index contributed by atoms with van der Waals surface area (Å²) in [5, 5.41) is 4.67. The zero-order chi connectivity index (χ0) is 15.2. The Bertz CT molecular complexity index is 561. The summed E-state index contributed by atoms with van der Waals surface area (Å²) >= 11 is 0. The van der Waals surface area contributed by atoms with Crippen LogP contribution in [0.5, 0.6) is 0 Å². The molecule has 1 heterocycles. The maximum Gasteiger partial charge on any atom is 0.134 e. The lowest BCUT2D eigenvalue weighted by molar-refractivity contribution is 0.220. The molecule has 21 heavy (non-hydrogen) atoms. The maximum atomic E-state index is 6.11. The average Bonchev–Trinajstić information content (AvgIpc) is 2.82. The third-order valence-corrected chi connectivity index (χ3v) is 4.19. The normalized spacial score (nSPS) is 13.2. The molecule has 1 atom stereocenters. The van der Waals surface area contributed by atoms with E-state index >= 15 is 0 Å². The highest BCUT2D eigenvalue weighted by Gasteiger charge is 2.17.